The van der Waals surface area contributed by atoms with E-state index in [2.05, 4.69) is 20.6 Å². The summed E-state index contributed by atoms with van der Waals surface area (Å²) in [5.41, 5.74) is 4.01. The molecule has 3 aromatic heterocycles. The van der Waals surface area contributed by atoms with E-state index in [1.165, 1.54) is 0 Å². The van der Waals surface area contributed by atoms with E-state index in [1.807, 2.05) is 31.2 Å². The summed E-state index contributed by atoms with van der Waals surface area (Å²) >= 11 is 0. The van der Waals surface area contributed by atoms with E-state index >= 15 is 0 Å². The van der Waals surface area contributed by atoms with Gasteiger partial charge in [0.1, 0.15) is 17.2 Å². The van der Waals surface area contributed by atoms with Crippen LogP contribution in [0.1, 0.15) is 25.0 Å². The Balaban J connectivity index is 1.39. The molecule has 0 spiro atoms. The largest absolute Gasteiger partial charge is 0.381 e. The van der Waals surface area contributed by atoms with E-state index in [0.29, 0.717) is 42.6 Å². The predicted molar refractivity (Wildman–Crippen MR) is 139 cm³/mol. The van der Waals surface area contributed by atoms with Crippen LogP contribution in [0.4, 0.5) is 5.82 Å². The highest BCUT2D eigenvalue weighted by molar-refractivity contribution is 7.87. The van der Waals surface area contributed by atoms with Crippen molar-refractivity contribution in [2.45, 2.75) is 32.2 Å². The van der Waals surface area contributed by atoms with Crippen LogP contribution in [0.25, 0.3) is 28.1 Å². The molecular weight excluding hydrogens is 494 g/mol. The van der Waals surface area contributed by atoms with Gasteiger partial charge in [0.2, 0.25) is 5.88 Å². The fourth-order valence-corrected chi connectivity index (χ4v) is 6.18. The third-order valence-electron chi connectivity index (χ3n) is 6.78. The molecular formula is C25H29N7O4S. The molecule has 2 aliphatic rings. The summed E-state index contributed by atoms with van der Waals surface area (Å²) in [4.78, 5) is 14.0. The number of ether oxygens (including phenoxy) is 1. The lowest BCUT2D eigenvalue weighted by molar-refractivity contribution is 0.0903. The Kier molecular flexibility index (Phi) is 6.39. The summed E-state index contributed by atoms with van der Waals surface area (Å²) in [5, 5.41) is 11.5. The Morgan fingerprint density at radius 3 is 2.65 bits per heavy atom. The van der Waals surface area contributed by atoms with Crippen molar-refractivity contribution in [3.63, 3.8) is 0 Å². The van der Waals surface area contributed by atoms with Gasteiger partial charge in [0.25, 0.3) is 0 Å². The smallest absolute Gasteiger partial charge is 0.311 e. The highest BCUT2D eigenvalue weighted by atomic mass is 32.2. The van der Waals surface area contributed by atoms with E-state index in [9.17, 15) is 8.42 Å². The van der Waals surface area contributed by atoms with Crippen molar-refractivity contribution in [1.29, 1.82) is 0 Å². The lowest BCUT2D eigenvalue weighted by Gasteiger charge is -2.24. The summed E-state index contributed by atoms with van der Waals surface area (Å²) in [6.07, 6.45) is 2.47. The zero-order valence-corrected chi connectivity index (χ0v) is 21.4. The summed E-state index contributed by atoms with van der Waals surface area (Å²) in [6.45, 7) is 4.71. The molecule has 5 heterocycles. The molecule has 1 aromatic carbocycles. The number of benzene rings is 1. The molecule has 2 N–H and O–H groups in total. The van der Waals surface area contributed by atoms with E-state index in [-0.39, 0.29) is 23.6 Å². The normalized spacial score (nSPS) is 19.0. The first-order valence-electron chi connectivity index (χ1n) is 12.6. The van der Waals surface area contributed by atoms with Gasteiger partial charge in [-0.1, -0.05) is 12.1 Å². The second-order valence-electron chi connectivity index (χ2n) is 9.62. The zero-order chi connectivity index (χ0) is 25.4. The van der Waals surface area contributed by atoms with Crippen molar-refractivity contribution in [2.24, 2.45) is 5.92 Å². The summed E-state index contributed by atoms with van der Waals surface area (Å²) < 4.78 is 38.3. The number of rotatable bonds is 7. The Morgan fingerprint density at radius 1 is 1.11 bits per heavy atom. The Morgan fingerprint density at radius 2 is 1.89 bits per heavy atom. The van der Waals surface area contributed by atoms with Crippen molar-refractivity contribution in [3.8, 4) is 17.3 Å². The molecule has 2 saturated heterocycles. The van der Waals surface area contributed by atoms with Crippen LogP contribution in [0.15, 0.2) is 36.4 Å². The van der Waals surface area contributed by atoms with Gasteiger partial charge in [-0.2, -0.15) is 23.0 Å². The van der Waals surface area contributed by atoms with Crippen LogP contribution >= 0.6 is 0 Å². The molecule has 4 aromatic rings. The van der Waals surface area contributed by atoms with Crippen molar-refractivity contribution < 1.29 is 17.3 Å². The Labute approximate surface area is 214 Å². The third-order valence-corrected chi connectivity index (χ3v) is 8.08. The Bertz CT molecular complexity index is 1540. The molecule has 0 saturated carbocycles. The van der Waals surface area contributed by atoms with Gasteiger partial charge >= 0.3 is 10.1 Å². The van der Waals surface area contributed by atoms with Crippen molar-refractivity contribution in [1.82, 2.24) is 29.9 Å². The first kappa shape index (κ1) is 24.0. The minimum absolute atomic E-state index is 0.0146. The quantitative estimate of drug-likeness (QED) is 0.348. The molecule has 2 aliphatic heterocycles. The predicted octanol–water partition coefficient (Wildman–Crippen LogP) is 2.56. The van der Waals surface area contributed by atoms with Gasteiger partial charge in [0.05, 0.1) is 22.5 Å². The van der Waals surface area contributed by atoms with Gasteiger partial charge in [-0.15, -0.1) is 0 Å². The number of hydrogen-bond acceptors (Lipinski definition) is 10. The molecule has 37 heavy (non-hydrogen) atoms. The molecule has 2 fully saturated rings. The molecule has 1 atom stereocenters. The molecule has 0 unspecified atom stereocenters. The minimum atomic E-state index is -3.82. The maximum Gasteiger partial charge on any atom is 0.311 e. The van der Waals surface area contributed by atoms with E-state index in [1.54, 1.807) is 16.6 Å². The van der Waals surface area contributed by atoms with Gasteiger partial charge in [0, 0.05) is 31.4 Å². The molecule has 12 heteroatoms. The van der Waals surface area contributed by atoms with Gasteiger partial charge in [0.15, 0.2) is 5.65 Å². The second kappa shape index (κ2) is 9.84. The van der Waals surface area contributed by atoms with E-state index in [4.69, 9.17) is 19.0 Å². The summed E-state index contributed by atoms with van der Waals surface area (Å²) in [7, 11) is -3.82. The number of aryl methyl sites for hydroxylation is 1. The van der Waals surface area contributed by atoms with E-state index < -0.39 is 10.1 Å². The zero-order valence-electron chi connectivity index (χ0n) is 20.6. The van der Waals surface area contributed by atoms with Crippen molar-refractivity contribution in [2.75, 3.05) is 37.4 Å². The number of anilines is 1. The maximum absolute atomic E-state index is 12.8. The standard InChI is InChI=1S/C25H29N7O4S/c1-16-25(29-20-5-3-2-4-19(20)27-16)21-12-22-30-24(36-37(33,34)15-17-6-9-26-14-17)13-23(32(22)31-21)28-18-7-10-35-11-8-18/h2-5,12-13,17-18,26,28H,6-11,14-15H2,1H3/t17-/m0/s1. The lowest BCUT2D eigenvalue weighted by Crippen LogP contribution is -2.29. The van der Waals surface area contributed by atoms with Crippen molar-refractivity contribution >= 4 is 32.6 Å². The van der Waals surface area contributed by atoms with Crippen LogP contribution in [0, 0.1) is 12.8 Å². The molecule has 11 nitrogen and oxygen atoms in total. The van der Waals surface area contributed by atoms with Gasteiger partial charge < -0.3 is 19.6 Å². The third kappa shape index (κ3) is 5.22. The summed E-state index contributed by atoms with van der Waals surface area (Å²) in [5.74, 6) is 0.596. The first-order valence-corrected chi connectivity index (χ1v) is 14.1. The molecule has 0 bridgehead atoms. The SMILES string of the molecule is Cc1nc2ccccc2nc1-c1cc2nc(OS(=O)(=O)C[C@H]3CCNC3)cc(NC3CCOCC3)n2n1. The number of nitrogens with zero attached hydrogens (tertiary/aromatic N) is 5. The Hall–Kier alpha value is -3.35. The molecule has 0 aliphatic carbocycles. The number of hydrogen-bond donors (Lipinski definition) is 2. The number of nitrogens with one attached hydrogen (secondary N) is 2. The number of aromatic nitrogens is 5. The fourth-order valence-electron chi connectivity index (χ4n) is 4.90. The fraction of sp³-hybridized carbons (Fsp3) is 0.440. The van der Waals surface area contributed by atoms with Crippen LogP contribution in [-0.4, -0.2) is 71.1 Å². The second-order valence-corrected chi connectivity index (χ2v) is 11.2. The molecule has 0 radical (unpaired) electrons. The number of para-hydroxylation sites is 2. The monoisotopic (exact) mass is 523 g/mol. The first-order chi connectivity index (χ1) is 17.9. The maximum atomic E-state index is 12.8. The highest BCUT2D eigenvalue weighted by Gasteiger charge is 2.26. The average molecular weight is 524 g/mol. The van der Waals surface area contributed by atoms with Gasteiger partial charge in [-0.3, -0.25) is 0 Å². The molecule has 194 valence electrons. The molecule has 6 rings (SSSR count). The van der Waals surface area contributed by atoms with Crippen LogP contribution in [0.5, 0.6) is 5.88 Å². The topological polar surface area (TPSA) is 133 Å². The molecule has 0 amide bonds. The van der Waals surface area contributed by atoms with Crippen LogP contribution in [-0.2, 0) is 14.9 Å². The van der Waals surface area contributed by atoms with E-state index in [0.717, 1.165) is 42.5 Å². The van der Waals surface area contributed by atoms with Crippen LogP contribution < -0.4 is 14.8 Å². The number of fused-ring (bicyclic) bond motifs is 2. The van der Waals surface area contributed by atoms with Crippen LogP contribution in [0.3, 0.4) is 0 Å². The minimum Gasteiger partial charge on any atom is -0.381 e. The highest BCUT2D eigenvalue weighted by Crippen LogP contribution is 2.28. The van der Waals surface area contributed by atoms with Gasteiger partial charge in [-0.05, 0) is 57.3 Å². The van der Waals surface area contributed by atoms with Crippen molar-refractivity contribution in [3.05, 3.63) is 42.1 Å². The average Bonchev–Trinajstić information content (AvgIpc) is 3.53. The van der Waals surface area contributed by atoms with Gasteiger partial charge in [-0.25, -0.2) is 9.97 Å². The summed E-state index contributed by atoms with van der Waals surface area (Å²) in [6, 6.07) is 11.2. The van der Waals surface area contributed by atoms with Crippen LogP contribution in [0.2, 0.25) is 0 Å². The lowest BCUT2D eigenvalue weighted by atomic mass is 10.1.